The van der Waals surface area contributed by atoms with Crippen molar-refractivity contribution in [3.8, 4) is 11.8 Å². The van der Waals surface area contributed by atoms with E-state index in [1.54, 1.807) is 6.92 Å². The first-order valence-electron chi connectivity index (χ1n) is 4.98. The summed E-state index contributed by atoms with van der Waals surface area (Å²) >= 11 is 0. The number of hydrogen-bond donors (Lipinski definition) is 0. The van der Waals surface area contributed by atoms with Crippen LogP contribution in [-0.4, -0.2) is 5.78 Å². The van der Waals surface area contributed by atoms with Crippen molar-refractivity contribution in [1.82, 2.24) is 0 Å². The SMILES string of the molecule is CC#CCCC(=O)Cc1ccc(F)cc1F. The van der Waals surface area contributed by atoms with Crippen LogP contribution < -0.4 is 0 Å². The fourth-order valence-electron chi connectivity index (χ4n) is 1.29. The molecule has 16 heavy (non-hydrogen) atoms. The van der Waals surface area contributed by atoms with Gasteiger partial charge in [-0.1, -0.05) is 6.07 Å². The van der Waals surface area contributed by atoms with E-state index in [9.17, 15) is 13.6 Å². The van der Waals surface area contributed by atoms with Gasteiger partial charge in [-0.15, -0.1) is 11.8 Å². The Morgan fingerprint density at radius 2 is 2.12 bits per heavy atom. The lowest BCUT2D eigenvalue weighted by Crippen LogP contribution is -2.04. The molecule has 0 amide bonds. The minimum atomic E-state index is -0.671. The Balaban J connectivity index is 2.58. The molecule has 0 heterocycles. The van der Waals surface area contributed by atoms with Crippen molar-refractivity contribution < 1.29 is 13.6 Å². The molecule has 0 aliphatic rings. The lowest BCUT2D eigenvalue weighted by atomic mass is 10.1. The van der Waals surface area contributed by atoms with Gasteiger partial charge in [0.25, 0.3) is 0 Å². The molecule has 84 valence electrons. The van der Waals surface area contributed by atoms with Crippen LogP contribution in [0.2, 0.25) is 0 Å². The molecule has 0 radical (unpaired) electrons. The van der Waals surface area contributed by atoms with Gasteiger partial charge in [0.2, 0.25) is 0 Å². The maximum absolute atomic E-state index is 13.2. The van der Waals surface area contributed by atoms with Crippen molar-refractivity contribution >= 4 is 5.78 Å². The quantitative estimate of drug-likeness (QED) is 0.716. The number of Topliss-reactive ketones (excluding diaryl/α,β-unsaturated/α-hetero) is 1. The van der Waals surface area contributed by atoms with E-state index in [2.05, 4.69) is 11.8 Å². The van der Waals surface area contributed by atoms with Gasteiger partial charge in [-0.05, 0) is 18.6 Å². The maximum Gasteiger partial charge on any atom is 0.138 e. The van der Waals surface area contributed by atoms with Crippen LogP contribution in [0, 0.1) is 23.5 Å². The highest BCUT2D eigenvalue weighted by molar-refractivity contribution is 5.81. The Hall–Kier alpha value is -1.69. The van der Waals surface area contributed by atoms with Gasteiger partial charge in [0.15, 0.2) is 0 Å². The van der Waals surface area contributed by atoms with E-state index in [0.29, 0.717) is 12.8 Å². The fourth-order valence-corrected chi connectivity index (χ4v) is 1.29. The lowest BCUT2D eigenvalue weighted by Gasteiger charge is -2.01. The van der Waals surface area contributed by atoms with E-state index in [1.165, 1.54) is 6.07 Å². The number of rotatable bonds is 4. The highest BCUT2D eigenvalue weighted by Crippen LogP contribution is 2.11. The van der Waals surface area contributed by atoms with Crippen molar-refractivity contribution in [2.45, 2.75) is 26.2 Å². The topological polar surface area (TPSA) is 17.1 Å². The summed E-state index contributed by atoms with van der Waals surface area (Å²) < 4.78 is 25.8. The summed E-state index contributed by atoms with van der Waals surface area (Å²) in [6.45, 7) is 1.70. The molecule has 0 N–H and O–H groups in total. The Bertz CT molecular complexity index is 441. The molecule has 0 saturated carbocycles. The summed E-state index contributed by atoms with van der Waals surface area (Å²) in [6, 6.07) is 3.24. The average molecular weight is 222 g/mol. The van der Waals surface area contributed by atoms with Gasteiger partial charge in [0.1, 0.15) is 17.4 Å². The standard InChI is InChI=1S/C13H12F2O/c1-2-3-4-5-12(16)8-10-6-7-11(14)9-13(10)15/h6-7,9H,4-5,8H2,1H3. The summed E-state index contributed by atoms with van der Waals surface area (Å²) in [5, 5.41) is 0. The largest absolute Gasteiger partial charge is 0.299 e. The molecule has 0 aliphatic carbocycles. The second-order valence-corrected chi connectivity index (χ2v) is 3.38. The predicted octanol–water partition coefficient (Wildman–Crippen LogP) is 2.88. The highest BCUT2D eigenvalue weighted by atomic mass is 19.1. The van der Waals surface area contributed by atoms with E-state index < -0.39 is 11.6 Å². The van der Waals surface area contributed by atoms with Gasteiger partial charge in [0.05, 0.1) is 0 Å². The number of carbonyl (C=O) groups excluding carboxylic acids is 1. The molecule has 0 spiro atoms. The van der Waals surface area contributed by atoms with Crippen LogP contribution in [0.25, 0.3) is 0 Å². The third-order valence-corrected chi connectivity index (χ3v) is 2.11. The Labute approximate surface area is 93.5 Å². The van der Waals surface area contributed by atoms with Gasteiger partial charge < -0.3 is 0 Å². The third kappa shape index (κ3) is 3.82. The normalized spacial score (nSPS) is 9.44. The van der Waals surface area contributed by atoms with Crippen LogP contribution in [0.1, 0.15) is 25.3 Å². The van der Waals surface area contributed by atoms with E-state index in [0.717, 1.165) is 12.1 Å². The summed E-state index contributed by atoms with van der Waals surface area (Å²) in [5.74, 6) is 4.05. The molecule has 0 bridgehead atoms. The first-order valence-corrected chi connectivity index (χ1v) is 4.98. The first kappa shape index (κ1) is 12.4. The molecule has 1 nitrogen and oxygen atoms in total. The van der Waals surface area contributed by atoms with Crippen LogP contribution in [-0.2, 0) is 11.2 Å². The van der Waals surface area contributed by atoms with E-state index in [4.69, 9.17) is 0 Å². The molecule has 0 atom stereocenters. The molecule has 0 saturated heterocycles. The fraction of sp³-hybridized carbons (Fsp3) is 0.308. The second-order valence-electron chi connectivity index (χ2n) is 3.38. The number of ketones is 1. The van der Waals surface area contributed by atoms with Crippen LogP contribution in [0.3, 0.4) is 0 Å². The molecule has 1 aromatic rings. The molecule has 3 heteroatoms. The minimum absolute atomic E-state index is 0.00247. The maximum atomic E-state index is 13.2. The molecule has 0 fully saturated rings. The Morgan fingerprint density at radius 3 is 2.75 bits per heavy atom. The smallest absolute Gasteiger partial charge is 0.138 e. The highest BCUT2D eigenvalue weighted by Gasteiger charge is 2.08. The zero-order valence-electron chi connectivity index (χ0n) is 9.02. The monoisotopic (exact) mass is 222 g/mol. The van der Waals surface area contributed by atoms with Gasteiger partial charge in [-0.25, -0.2) is 8.78 Å². The second kappa shape index (κ2) is 6.02. The van der Waals surface area contributed by atoms with Gasteiger partial charge in [-0.2, -0.15) is 0 Å². The number of carbonyl (C=O) groups is 1. The predicted molar refractivity (Wildman–Crippen MR) is 57.8 cm³/mol. The lowest BCUT2D eigenvalue weighted by molar-refractivity contribution is -0.118. The number of benzene rings is 1. The number of halogens is 2. The van der Waals surface area contributed by atoms with Gasteiger partial charge in [0, 0.05) is 25.3 Å². The minimum Gasteiger partial charge on any atom is -0.299 e. The number of hydrogen-bond acceptors (Lipinski definition) is 1. The van der Waals surface area contributed by atoms with E-state index in [1.807, 2.05) is 0 Å². The Morgan fingerprint density at radius 1 is 1.38 bits per heavy atom. The molecule has 0 aromatic heterocycles. The van der Waals surface area contributed by atoms with Crippen LogP contribution >= 0.6 is 0 Å². The molecular formula is C13H12F2O. The van der Waals surface area contributed by atoms with E-state index >= 15 is 0 Å². The Kier molecular flexibility index (Phi) is 4.65. The summed E-state index contributed by atoms with van der Waals surface area (Å²) in [5.41, 5.74) is 0.232. The summed E-state index contributed by atoms with van der Waals surface area (Å²) in [6.07, 6.45) is 0.785. The van der Waals surface area contributed by atoms with Crippen molar-refractivity contribution in [2.75, 3.05) is 0 Å². The zero-order chi connectivity index (χ0) is 12.0. The van der Waals surface area contributed by atoms with Crippen LogP contribution in [0.4, 0.5) is 8.78 Å². The van der Waals surface area contributed by atoms with Crippen LogP contribution in [0.5, 0.6) is 0 Å². The van der Waals surface area contributed by atoms with Gasteiger partial charge in [-0.3, -0.25) is 4.79 Å². The van der Waals surface area contributed by atoms with Crippen LogP contribution in [0.15, 0.2) is 18.2 Å². The molecule has 1 rings (SSSR count). The first-order chi connectivity index (χ1) is 7.63. The van der Waals surface area contributed by atoms with Gasteiger partial charge >= 0.3 is 0 Å². The molecular weight excluding hydrogens is 210 g/mol. The van der Waals surface area contributed by atoms with Crippen molar-refractivity contribution in [3.63, 3.8) is 0 Å². The molecule has 1 aromatic carbocycles. The summed E-state index contributed by atoms with van der Waals surface area (Å²) in [7, 11) is 0. The van der Waals surface area contributed by atoms with Crippen molar-refractivity contribution in [3.05, 3.63) is 35.4 Å². The third-order valence-electron chi connectivity index (χ3n) is 2.11. The van der Waals surface area contributed by atoms with Crippen molar-refractivity contribution in [2.24, 2.45) is 0 Å². The summed E-state index contributed by atoms with van der Waals surface area (Å²) in [4.78, 5) is 11.4. The van der Waals surface area contributed by atoms with E-state index in [-0.39, 0.29) is 17.8 Å². The zero-order valence-corrected chi connectivity index (χ0v) is 9.02. The molecule has 0 aliphatic heterocycles. The molecule has 0 unspecified atom stereocenters. The van der Waals surface area contributed by atoms with Crippen molar-refractivity contribution in [1.29, 1.82) is 0 Å². The average Bonchev–Trinajstić information content (AvgIpc) is 2.23.